The second-order valence-corrected chi connectivity index (χ2v) is 7.72. The molecule has 0 saturated carbocycles. The number of piperidine rings is 1. The Labute approximate surface area is 164 Å². The lowest BCUT2D eigenvalue weighted by molar-refractivity contribution is 0.205. The number of anilines is 1. The minimum atomic E-state index is -0.108. The smallest absolute Gasteiger partial charge is 0.129 e. The fourth-order valence-electron chi connectivity index (χ4n) is 4.82. The molecule has 0 radical (unpaired) electrons. The molecule has 5 heteroatoms. The van der Waals surface area contributed by atoms with Crippen molar-refractivity contribution in [3.05, 3.63) is 71.2 Å². The SMILES string of the molecule is N#Cc1ccc(N2CCC(C3c4c(F)cccc4C4=CN=CN3C4)CC2)cc1. The van der Waals surface area contributed by atoms with E-state index in [9.17, 15) is 4.39 Å². The zero-order chi connectivity index (χ0) is 19.1. The lowest BCUT2D eigenvalue weighted by Crippen LogP contribution is -2.44. The summed E-state index contributed by atoms with van der Waals surface area (Å²) in [6.07, 6.45) is 5.73. The van der Waals surface area contributed by atoms with Crippen molar-refractivity contribution < 1.29 is 4.39 Å². The van der Waals surface area contributed by atoms with Gasteiger partial charge in [-0.2, -0.15) is 5.26 Å². The van der Waals surface area contributed by atoms with Gasteiger partial charge < -0.3 is 9.80 Å². The molecule has 1 fully saturated rings. The van der Waals surface area contributed by atoms with Gasteiger partial charge in [-0.1, -0.05) is 12.1 Å². The Morgan fingerprint density at radius 3 is 2.61 bits per heavy atom. The maximum atomic E-state index is 14.9. The van der Waals surface area contributed by atoms with Crippen molar-refractivity contribution in [2.45, 2.75) is 18.9 Å². The minimum absolute atomic E-state index is 0.0421. The van der Waals surface area contributed by atoms with Gasteiger partial charge in [0, 0.05) is 37.1 Å². The summed E-state index contributed by atoms with van der Waals surface area (Å²) < 4.78 is 14.9. The minimum Gasteiger partial charge on any atom is -0.372 e. The molecule has 0 aliphatic carbocycles. The maximum absolute atomic E-state index is 14.9. The number of hydrogen-bond donors (Lipinski definition) is 0. The van der Waals surface area contributed by atoms with Crippen LogP contribution in [0.15, 0.2) is 53.7 Å². The van der Waals surface area contributed by atoms with Crippen molar-refractivity contribution in [3.63, 3.8) is 0 Å². The van der Waals surface area contributed by atoms with Gasteiger partial charge in [0.15, 0.2) is 0 Å². The molecule has 4 nitrogen and oxygen atoms in total. The van der Waals surface area contributed by atoms with Crippen LogP contribution >= 0.6 is 0 Å². The van der Waals surface area contributed by atoms with E-state index in [4.69, 9.17) is 5.26 Å². The van der Waals surface area contributed by atoms with Gasteiger partial charge in [0.1, 0.15) is 5.82 Å². The van der Waals surface area contributed by atoms with E-state index in [-0.39, 0.29) is 11.9 Å². The number of fused-ring (bicyclic) bond motifs is 4. The van der Waals surface area contributed by atoms with Crippen LogP contribution in [0.25, 0.3) is 5.57 Å². The van der Waals surface area contributed by atoms with E-state index in [1.54, 1.807) is 12.1 Å². The summed E-state index contributed by atoms with van der Waals surface area (Å²) in [6.45, 7) is 2.68. The molecule has 1 saturated heterocycles. The van der Waals surface area contributed by atoms with E-state index < -0.39 is 0 Å². The molecule has 140 valence electrons. The number of hydrogen-bond acceptors (Lipinski definition) is 4. The second kappa shape index (κ2) is 6.79. The predicted octanol–water partition coefficient (Wildman–Crippen LogP) is 4.35. The first-order chi connectivity index (χ1) is 13.7. The van der Waals surface area contributed by atoms with Crippen molar-refractivity contribution in [1.29, 1.82) is 5.26 Å². The van der Waals surface area contributed by atoms with Crippen LogP contribution < -0.4 is 4.90 Å². The Morgan fingerprint density at radius 2 is 1.86 bits per heavy atom. The van der Waals surface area contributed by atoms with Crippen LogP contribution in [0.4, 0.5) is 10.1 Å². The van der Waals surface area contributed by atoms with Gasteiger partial charge in [-0.15, -0.1) is 0 Å². The molecule has 0 N–H and O–H groups in total. The standard InChI is InChI=1S/C23H21FN4/c24-21-3-1-2-20-18-13-26-15-28(14-18)23(22(20)21)17-8-10-27(11-9-17)19-6-4-16(12-25)5-7-19/h1-7,13,15,17,23H,8-11,14H2. The summed E-state index contributed by atoms with van der Waals surface area (Å²) in [5.41, 5.74) is 4.79. The highest BCUT2D eigenvalue weighted by molar-refractivity contribution is 5.79. The molecule has 28 heavy (non-hydrogen) atoms. The summed E-state index contributed by atoms with van der Waals surface area (Å²) >= 11 is 0. The summed E-state index contributed by atoms with van der Waals surface area (Å²) in [5, 5.41) is 8.98. The van der Waals surface area contributed by atoms with Crippen LogP contribution in [0.3, 0.4) is 0 Å². The van der Waals surface area contributed by atoms with Crippen LogP contribution in [0.5, 0.6) is 0 Å². The van der Waals surface area contributed by atoms with Gasteiger partial charge in [0.05, 0.1) is 24.0 Å². The van der Waals surface area contributed by atoms with E-state index in [1.165, 1.54) is 0 Å². The normalized spacial score (nSPS) is 21.1. The molecule has 2 aromatic carbocycles. The van der Waals surface area contributed by atoms with Gasteiger partial charge >= 0.3 is 0 Å². The molecule has 3 aliphatic heterocycles. The number of nitriles is 1. The van der Waals surface area contributed by atoms with Gasteiger partial charge in [-0.3, -0.25) is 0 Å². The first-order valence-corrected chi connectivity index (χ1v) is 9.76. The quantitative estimate of drug-likeness (QED) is 0.787. The highest BCUT2D eigenvalue weighted by Crippen LogP contribution is 2.44. The molecule has 1 atom stereocenters. The predicted molar refractivity (Wildman–Crippen MR) is 108 cm³/mol. The maximum Gasteiger partial charge on any atom is 0.129 e. The number of nitrogens with zero attached hydrogens (tertiary/aromatic N) is 4. The molecular formula is C23H21FN4. The summed E-state index contributed by atoms with van der Waals surface area (Å²) in [4.78, 5) is 8.96. The van der Waals surface area contributed by atoms with Crippen LogP contribution in [0, 0.1) is 23.1 Å². The highest BCUT2D eigenvalue weighted by Gasteiger charge is 2.38. The average molecular weight is 372 g/mol. The molecule has 0 aromatic heterocycles. The second-order valence-electron chi connectivity index (χ2n) is 7.72. The molecule has 0 amide bonds. The van der Waals surface area contributed by atoms with Crippen LogP contribution in [-0.2, 0) is 0 Å². The number of aliphatic imine (C=N–C) groups is 1. The molecule has 3 heterocycles. The van der Waals surface area contributed by atoms with E-state index in [0.29, 0.717) is 11.5 Å². The van der Waals surface area contributed by atoms with Crippen molar-refractivity contribution in [2.75, 3.05) is 24.5 Å². The Morgan fingerprint density at radius 1 is 1.07 bits per heavy atom. The average Bonchev–Trinajstić information content (AvgIpc) is 2.75. The van der Waals surface area contributed by atoms with Crippen molar-refractivity contribution >= 4 is 17.6 Å². The van der Waals surface area contributed by atoms with Crippen LogP contribution in [-0.4, -0.2) is 30.9 Å². The monoisotopic (exact) mass is 372 g/mol. The lowest BCUT2D eigenvalue weighted by atomic mass is 9.78. The van der Waals surface area contributed by atoms with Crippen molar-refractivity contribution in [2.24, 2.45) is 10.9 Å². The third kappa shape index (κ3) is 2.77. The molecule has 3 aliphatic rings. The number of halogens is 1. The molecular weight excluding hydrogens is 351 g/mol. The third-order valence-electron chi connectivity index (χ3n) is 6.20. The Hall–Kier alpha value is -3.13. The number of benzene rings is 2. The van der Waals surface area contributed by atoms with Crippen molar-refractivity contribution in [3.8, 4) is 6.07 Å². The highest BCUT2D eigenvalue weighted by atomic mass is 19.1. The number of rotatable bonds is 2. The molecule has 2 bridgehead atoms. The van der Waals surface area contributed by atoms with Crippen molar-refractivity contribution in [1.82, 2.24) is 4.90 Å². The van der Waals surface area contributed by atoms with E-state index in [0.717, 1.165) is 54.9 Å². The fourth-order valence-corrected chi connectivity index (χ4v) is 4.82. The topological polar surface area (TPSA) is 42.6 Å². The van der Waals surface area contributed by atoms with Crippen LogP contribution in [0.1, 0.15) is 35.6 Å². The van der Waals surface area contributed by atoms with E-state index in [1.807, 2.05) is 42.9 Å². The first-order valence-electron chi connectivity index (χ1n) is 9.76. The summed E-state index contributed by atoms with van der Waals surface area (Å²) in [7, 11) is 0. The summed E-state index contributed by atoms with van der Waals surface area (Å²) in [5.74, 6) is 0.277. The Balaban J connectivity index is 1.39. The molecule has 2 aromatic rings. The van der Waals surface area contributed by atoms with Gasteiger partial charge in [-0.05, 0) is 60.2 Å². The zero-order valence-electron chi connectivity index (χ0n) is 15.6. The van der Waals surface area contributed by atoms with Gasteiger partial charge in [-0.25, -0.2) is 9.38 Å². The third-order valence-corrected chi connectivity index (χ3v) is 6.20. The van der Waals surface area contributed by atoms with E-state index >= 15 is 0 Å². The molecule has 0 spiro atoms. The Kier molecular flexibility index (Phi) is 4.12. The van der Waals surface area contributed by atoms with E-state index in [2.05, 4.69) is 20.9 Å². The first kappa shape index (κ1) is 17.0. The zero-order valence-corrected chi connectivity index (χ0v) is 15.6. The van der Waals surface area contributed by atoms with Gasteiger partial charge in [0.2, 0.25) is 0 Å². The lowest BCUT2D eigenvalue weighted by Gasteiger charge is -2.45. The fraction of sp³-hybridized carbons (Fsp3) is 0.304. The molecule has 5 rings (SSSR count). The molecule has 1 unspecified atom stereocenters. The largest absolute Gasteiger partial charge is 0.372 e. The summed E-state index contributed by atoms with van der Waals surface area (Å²) in [6, 6.07) is 15.4. The van der Waals surface area contributed by atoms with Crippen LogP contribution in [0.2, 0.25) is 0 Å². The Bertz CT molecular complexity index is 994. The van der Waals surface area contributed by atoms with Gasteiger partial charge in [0.25, 0.3) is 0 Å².